The molecule has 0 saturated heterocycles. The van der Waals surface area contributed by atoms with E-state index in [4.69, 9.17) is 0 Å². The van der Waals surface area contributed by atoms with Crippen LogP contribution in [0.5, 0.6) is 0 Å². The third-order valence-electron chi connectivity index (χ3n) is 2.94. The van der Waals surface area contributed by atoms with Crippen LogP contribution in [-0.4, -0.2) is 36.9 Å². The molecule has 19 heavy (non-hydrogen) atoms. The summed E-state index contributed by atoms with van der Waals surface area (Å²) in [5.41, 5.74) is 1.22. The molecule has 2 rings (SSSR count). The van der Waals surface area contributed by atoms with Gasteiger partial charge >= 0.3 is 0 Å². The normalized spacial score (nSPS) is 13.7. The average Bonchev–Trinajstić information content (AvgIpc) is 3.27. The minimum absolute atomic E-state index is 0.0887. The fourth-order valence-electron chi connectivity index (χ4n) is 1.62. The Bertz CT molecular complexity index is 454. The monoisotopic (exact) mass is 262 g/mol. The molecular weight excluding hydrogens is 244 g/mol. The number of nitrogens with zero attached hydrogens (tertiary/aromatic N) is 1. The molecule has 0 atom stereocenters. The second-order valence-corrected chi connectivity index (χ2v) is 4.50. The number of amides is 2. The Hall–Kier alpha value is -2.11. The van der Waals surface area contributed by atoms with Crippen molar-refractivity contribution >= 4 is 17.5 Å². The van der Waals surface area contributed by atoms with Gasteiger partial charge < -0.3 is 16.0 Å². The number of pyridine rings is 1. The number of carbonyl (C=O) groups excluding carboxylic acids is 2. The van der Waals surface area contributed by atoms with Crippen molar-refractivity contribution in [1.29, 1.82) is 0 Å². The zero-order valence-corrected chi connectivity index (χ0v) is 10.9. The highest BCUT2D eigenvalue weighted by Crippen LogP contribution is 2.28. The maximum atomic E-state index is 11.7. The predicted molar refractivity (Wildman–Crippen MR) is 71.9 cm³/mol. The molecule has 6 nitrogen and oxygen atoms in total. The molecule has 1 aromatic heterocycles. The minimum atomic E-state index is -0.233. The molecule has 1 aliphatic carbocycles. The first-order valence-electron chi connectivity index (χ1n) is 6.40. The van der Waals surface area contributed by atoms with Crippen LogP contribution in [0, 0.1) is 5.92 Å². The summed E-state index contributed by atoms with van der Waals surface area (Å²) in [7, 11) is 1.79. The molecule has 0 radical (unpaired) electrons. The van der Waals surface area contributed by atoms with Crippen molar-refractivity contribution < 1.29 is 9.59 Å². The fraction of sp³-hybridized carbons (Fsp3) is 0.462. The molecule has 2 amide bonds. The zero-order chi connectivity index (χ0) is 13.7. The molecule has 1 aromatic rings. The second kappa shape index (κ2) is 6.17. The van der Waals surface area contributed by atoms with Crippen molar-refractivity contribution in [2.75, 3.05) is 25.5 Å². The van der Waals surface area contributed by atoms with E-state index in [9.17, 15) is 9.59 Å². The number of hydrogen-bond acceptors (Lipinski definition) is 4. The van der Waals surface area contributed by atoms with E-state index in [1.165, 1.54) is 0 Å². The van der Waals surface area contributed by atoms with Gasteiger partial charge in [0.05, 0.1) is 11.9 Å². The minimum Gasteiger partial charge on any atom is -0.387 e. The Morgan fingerprint density at radius 2 is 2.00 bits per heavy atom. The molecule has 3 N–H and O–H groups in total. The van der Waals surface area contributed by atoms with Gasteiger partial charge in [0, 0.05) is 26.1 Å². The molecule has 1 heterocycles. The largest absolute Gasteiger partial charge is 0.387 e. The van der Waals surface area contributed by atoms with Crippen molar-refractivity contribution in [2.45, 2.75) is 12.8 Å². The summed E-state index contributed by atoms with van der Waals surface area (Å²) >= 11 is 0. The van der Waals surface area contributed by atoms with Crippen LogP contribution in [0.25, 0.3) is 0 Å². The van der Waals surface area contributed by atoms with E-state index in [2.05, 4.69) is 20.9 Å². The number of anilines is 1. The quantitative estimate of drug-likeness (QED) is 0.647. The standard InChI is InChI=1S/C13H18N4O2/c1-14-10-4-5-11(17-8-10)13(19)16-7-6-15-12(18)9-2-3-9/h4-5,8-9,14H,2-3,6-7H2,1H3,(H,15,18)(H,16,19). The van der Waals surface area contributed by atoms with Gasteiger partial charge in [-0.2, -0.15) is 0 Å². The summed E-state index contributed by atoms with van der Waals surface area (Å²) in [5.74, 6) is 0.0560. The predicted octanol–water partition coefficient (Wildman–Crippen LogP) is 0.379. The Morgan fingerprint density at radius 1 is 1.26 bits per heavy atom. The lowest BCUT2D eigenvalue weighted by molar-refractivity contribution is -0.122. The second-order valence-electron chi connectivity index (χ2n) is 4.50. The maximum Gasteiger partial charge on any atom is 0.269 e. The molecule has 0 aliphatic heterocycles. The van der Waals surface area contributed by atoms with Gasteiger partial charge in [0.25, 0.3) is 5.91 Å². The molecule has 0 aromatic carbocycles. The van der Waals surface area contributed by atoms with Crippen LogP contribution in [0.15, 0.2) is 18.3 Å². The van der Waals surface area contributed by atoms with Gasteiger partial charge in [0.1, 0.15) is 5.69 Å². The Morgan fingerprint density at radius 3 is 2.58 bits per heavy atom. The molecule has 1 saturated carbocycles. The molecule has 1 aliphatic rings. The van der Waals surface area contributed by atoms with Crippen molar-refractivity contribution in [1.82, 2.24) is 15.6 Å². The summed E-state index contributed by atoms with van der Waals surface area (Å²) in [6.45, 7) is 0.864. The van der Waals surface area contributed by atoms with Crippen LogP contribution in [-0.2, 0) is 4.79 Å². The lowest BCUT2D eigenvalue weighted by atomic mass is 10.3. The van der Waals surface area contributed by atoms with Crippen molar-refractivity contribution in [3.63, 3.8) is 0 Å². The number of aromatic nitrogens is 1. The van der Waals surface area contributed by atoms with E-state index in [1.54, 1.807) is 25.4 Å². The Balaban J connectivity index is 1.69. The maximum absolute atomic E-state index is 11.7. The lowest BCUT2D eigenvalue weighted by Gasteiger charge is -2.06. The summed E-state index contributed by atoms with van der Waals surface area (Å²) in [6, 6.07) is 3.45. The lowest BCUT2D eigenvalue weighted by Crippen LogP contribution is -2.35. The van der Waals surface area contributed by atoms with Crippen molar-refractivity contribution in [3.05, 3.63) is 24.0 Å². The van der Waals surface area contributed by atoms with Crippen LogP contribution in [0.4, 0.5) is 5.69 Å². The third kappa shape index (κ3) is 3.94. The van der Waals surface area contributed by atoms with Crippen molar-refractivity contribution in [3.8, 4) is 0 Å². The first-order valence-corrected chi connectivity index (χ1v) is 6.40. The molecule has 6 heteroatoms. The first-order chi connectivity index (χ1) is 9.20. The zero-order valence-electron chi connectivity index (χ0n) is 10.9. The highest BCUT2D eigenvalue weighted by molar-refractivity contribution is 5.92. The number of hydrogen-bond donors (Lipinski definition) is 3. The number of rotatable bonds is 6. The summed E-state index contributed by atoms with van der Waals surface area (Å²) < 4.78 is 0. The number of nitrogens with one attached hydrogen (secondary N) is 3. The highest BCUT2D eigenvalue weighted by Gasteiger charge is 2.28. The van der Waals surface area contributed by atoms with Crippen LogP contribution in [0.3, 0.4) is 0 Å². The van der Waals surface area contributed by atoms with Gasteiger partial charge in [0.2, 0.25) is 5.91 Å². The van der Waals surface area contributed by atoms with Gasteiger partial charge in [-0.1, -0.05) is 0 Å². The van der Waals surface area contributed by atoms with Gasteiger partial charge in [-0.05, 0) is 25.0 Å². The topological polar surface area (TPSA) is 83.1 Å². The van der Waals surface area contributed by atoms with Crippen molar-refractivity contribution in [2.24, 2.45) is 5.92 Å². The molecule has 0 bridgehead atoms. The van der Waals surface area contributed by atoms with E-state index >= 15 is 0 Å². The van der Waals surface area contributed by atoms with Gasteiger partial charge in [-0.25, -0.2) is 4.98 Å². The highest BCUT2D eigenvalue weighted by atomic mass is 16.2. The van der Waals surface area contributed by atoms with Crippen LogP contribution in [0.2, 0.25) is 0 Å². The number of carbonyl (C=O) groups is 2. The molecule has 0 spiro atoms. The Labute approximate surface area is 112 Å². The average molecular weight is 262 g/mol. The van der Waals surface area contributed by atoms with E-state index in [-0.39, 0.29) is 17.7 Å². The molecule has 0 unspecified atom stereocenters. The van der Waals surface area contributed by atoms with Crippen LogP contribution in [0.1, 0.15) is 23.3 Å². The molecular formula is C13H18N4O2. The van der Waals surface area contributed by atoms with E-state index in [1.807, 2.05) is 0 Å². The summed E-state index contributed by atoms with van der Waals surface area (Å²) in [4.78, 5) is 27.1. The van der Waals surface area contributed by atoms with E-state index in [0.29, 0.717) is 18.8 Å². The SMILES string of the molecule is CNc1ccc(C(=O)NCCNC(=O)C2CC2)nc1. The third-order valence-corrected chi connectivity index (χ3v) is 2.94. The van der Waals surface area contributed by atoms with Gasteiger partial charge in [0.15, 0.2) is 0 Å². The smallest absolute Gasteiger partial charge is 0.269 e. The molecule has 1 fully saturated rings. The fourth-order valence-corrected chi connectivity index (χ4v) is 1.62. The first kappa shape index (κ1) is 13.3. The molecule has 102 valence electrons. The van der Waals surface area contributed by atoms with Crippen LogP contribution >= 0.6 is 0 Å². The van der Waals surface area contributed by atoms with Gasteiger partial charge in [-0.15, -0.1) is 0 Å². The van der Waals surface area contributed by atoms with Crippen LogP contribution < -0.4 is 16.0 Å². The Kier molecular flexibility index (Phi) is 4.33. The van der Waals surface area contributed by atoms with E-state index < -0.39 is 0 Å². The van der Waals surface area contributed by atoms with Gasteiger partial charge in [-0.3, -0.25) is 9.59 Å². The summed E-state index contributed by atoms with van der Waals surface area (Å²) in [5, 5.41) is 8.43. The summed E-state index contributed by atoms with van der Waals surface area (Å²) in [6.07, 6.45) is 3.57. The van der Waals surface area contributed by atoms with E-state index in [0.717, 1.165) is 18.5 Å².